The van der Waals surface area contributed by atoms with Gasteiger partial charge in [-0.2, -0.15) is 11.8 Å². The number of nitrogens with two attached hydrogens (primary N) is 1. The summed E-state index contributed by atoms with van der Waals surface area (Å²) in [6, 6.07) is 0. The lowest BCUT2D eigenvalue weighted by Crippen LogP contribution is -2.40. The average Bonchev–Trinajstić information content (AvgIpc) is 2.20. The molecule has 0 aliphatic heterocycles. The minimum Gasteiger partial charge on any atom is -0.382 e. The number of rotatable bonds is 4. The van der Waals surface area contributed by atoms with Crippen LogP contribution in [-0.2, 0) is 0 Å². The summed E-state index contributed by atoms with van der Waals surface area (Å²) in [5.41, 5.74) is 5.47. The highest BCUT2D eigenvalue weighted by atomic mass is 32.2. The highest BCUT2D eigenvalue weighted by Gasteiger charge is 2.35. The Hall–Kier alpha value is -0.970. The van der Waals surface area contributed by atoms with E-state index >= 15 is 0 Å². The van der Waals surface area contributed by atoms with Crippen LogP contribution in [-0.4, -0.2) is 27.5 Å². The second-order valence-corrected chi connectivity index (χ2v) is 5.20. The van der Waals surface area contributed by atoms with Gasteiger partial charge in [-0.25, -0.2) is 9.97 Å². The molecule has 3 N–H and O–H groups in total. The van der Waals surface area contributed by atoms with Gasteiger partial charge in [0.1, 0.15) is 11.6 Å². The molecule has 0 aromatic carbocycles. The first-order chi connectivity index (χ1) is 7.24. The molecule has 1 fully saturated rings. The van der Waals surface area contributed by atoms with Crippen LogP contribution in [0.3, 0.4) is 0 Å². The van der Waals surface area contributed by atoms with Gasteiger partial charge in [0.2, 0.25) is 0 Å². The molecule has 82 valence electrons. The molecule has 1 aromatic heterocycles. The summed E-state index contributed by atoms with van der Waals surface area (Å²) in [4.78, 5) is 8.16. The van der Waals surface area contributed by atoms with Crippen LogP contribution >= 0.6 is 11.8 Å². The topological polar surface area (TPSA) is 63.8 Å². The highest BCUT2D eigenvalue weighted by Crippen LogP contribution is 2.42. The van der Waals surface area contributed by atoms with Crippen molar-refractivity contribution in [3.63, 3.8) is 0 Å². The molecule has 1 aliphatic carbocycles. The van der Waals surface area contributed by atoms with Crippen LogP contribution in [0.25, 0.3) is 0 Å². The van der Waals surface area contributed by atoms with Crippen LogP contribution in [0.5, 0.6) is 0 Å². The lowest BCUT2D eigenvalue weighted by atomic mass is 9.84. The van der Waals surface area contributed by atoms with E-state index in [1.165, 1.54) is 19.3 Å². The number of nitrogen functional groups attached to an aromatic ring is 1. The molecule has 15 heavy (non-hydrogen) atoms. The number of hydrogen-bond acceptors (Lipinski definition) is 5. The zero-order chi connectivity index (χ0) is 10.7. The maximum absolute atomic E-state index is 5.47. The van der Waals surface area contributed by atoms with Crippen molar-refractivity contribution in [1.82, 2.24) is 9.97 Å². The Morgan fingerprint density at radius 1 is 1.47 bits per heavy atom. The van der Waals surface area contributed by atoms with E-state index in [-0.39, 0.29) is 0 Å². The monoisotopic (exact) mass is 224 g/mol. The first-order valence-corrected chi connectivity index (χ1v) is 6.33. The van der Waals surface area contributed by atoms with Crippen molar-refractivity contribution in [1.29, 1.82) is 0 Å². The number of hydrogen-bond donors (Lipinski definition) is 2. The summed E-state index contributed by atoms with van der Waals surface area (Å²) in [6.45, 7) is 0.965. The van der Waals surface area contributed by atoms with Crippen molar-refractivity contribution < 1.29 is 0 Å². The minimum atomic E-state index is 0.420. The third-order valence-corrected chi connectivity index (χ3v) is 4.38. The third-order valence-electron chi connectivity index (χ3n) is 2.96. The lowest BCUT2D eigenvalue weighted by Gasteiger charge is -2.40. The highest BCUT2D eigenvalue weighted by molar-refractivity contribution is 8.00. The van der Waals surface area contributed by atoms with Gasteiger partial charge in [-0.3, -0.25) is 0 Å². The minimum absolute atomic E-state index is 0.420. The Morgan fingerprint density at radius 3 is 2.73 bits per heavy atom. The van der Waals surface area contributed by atoms with Crippen LogP contribution in [0, 0.1) is 0 Å². The van der Waals surface area contributed by atoms with Gasteiger partial charge in [-0.1, -0.05) is 6.42 Å². The predicted octanol–water partition coefficient (Wildman–Crippen LogP) is 1.76. The zero-order valence-corrected chi connectivity index (χ0v) is 9.68. The fourth-order valence-corrected chi connectivity index (χ4v) is 2.62. The molecule has 0 saturated heterocycles. The van der Waals surface area contributed by atoms with E-state index in [1.807, 2.05) is 11.8 Å². The largest absolute Gasteiger partial charge is 0.382 e. The van der Waals surface area contributed by atoms with Gasteiger partial charge >= 0.3 is 0 Å². The molecule has 5 heteroatoms. The summed E-state index contributed by atoms with van der Waals surface area (Å²) < 4.78 is 0.420. The molecular weight excluding hydrogens is 208 g/mol. The number of anilines is 2. The fraction of sp³-hybridized carbons (Fsp3) is 0.600. The summed E-state index contributed by atoms with van der Waals surface area (Å²) in [5.74, 6) is 1.27. The average molecular weight is 224 g/mol. The molecule has 0 amide bonds. The van der Waals surface area contributed by atoms with Crippen LogP contribution in [0.15, 0.2) is 12.4 Å². The summed E-state index contributed by atoms with van der Waals surface area (Å²) in [6.07, 6.45) is 9.37. The van der Waals surface area contributed by atoms with Gasteiger partial charge in [0, 0.05) is 11.3 Å². The van der Waals surface area contributed by atoms with Crippen molar-refractivity contribution in [2.24, 2.45) is 0 Å². The van der Waals surface area contributed by atoms with Crippen molar-refractivity contribution in [2.45, 2.75) is 24.0 Å². The van der Waals surface area contributed by atoms with Gasteiger partial charge < -0.3 is 11.1 Å². The van der Waals surface area contributed by atoms with Crippen LogP contribution in [0.2, 0.25) is 0 Å². The molecule has 0 unspecified atom stereocenters. The van der Waals surface area contributed by atoms with E-state index in [9.17, 15) is 0 Å². The Labute approximate surface area is 94.1 Å². The molecule has 0 atom stereocenters. The second-order valence-electron chi connectivity index (χ2n) is 3.92. The first kappa shape index (κ1) is 10.5. The first-order valence-electron chi connectivity index (χ1n) is 5.11. The van der Waals surface area contributed by atoms with E-state index in [1.54, 1.807) is 12.4 Å². The number of thioether (sulfide) groups is 1. The Bertz CT molecular complexity index is 315. The Morgan fingerprint density at radius 2 is 2.27 bits per heavy atom. The predicted molar refractivity (Wildman–Crippen MR) is 65.0 cm³/mol. The van der Waals surface area contributed by atoms with Crippen molar-refractivity contribution in [3.8, 4) is 0 Å². The standard InChI is InChI=1S/C10H16N4S/c1-15-10(3-2-4-10)7-14-9-6-12-8(11)5-13-9/h5-6H,2-4,7H2,1H3,(H2,11,12)(H,13,14). The molecule has 1 aromatic rings. The fourth-order valence-electron chi connectivity index (χ4n) is 1.71. The molecule has 1 aliphatic rings. The maximum atomic E-state index is 5.47. The summed E-state index contributed by atoms with van der Waals surface area (Å²) in [5, 5.41) is 3.32. The molecule has 0 bridgehead atoms. The van der Waals surface area contributed by atoms with Crippen molar-refractivity contribution >= 4 is 23.4 Å². The lowest BCUT2D eigenvalue weighted by molar-refractivity contribution is 0.379. The second kappa shape index (κ2) is 4.26. The Kier molecular flexibility index (Phi) is 3.00. The van der Waals surface area contributed by atoms with Gasteiger partial charge in [0.15, 0.2) is 0 Å². The third kappa shape index (κ3) is 2.34. The SMILES string of the molecule is CSC1(CNc2cnc(N)cn2)CCC1. The zero-order valence-electron chi connectivity index (χ0n) is 8.86. The number of aromatic nitrogens is 2. The van der Waals surface area contributed by atoms with Gasteiger partial charge in [0.25, 0.3) is 0 Å². The quantitative estimate of drug-likeness (QED) is 0.816. The molecular formula is C10H16N4S. The molecule has 0 spiro atoms. The summed E-state index contributed by atoms with van der Waals surface area (Å²) in [7, 11) is 0. The van der Waals surface area contributed by atoms with E-state index in [4.69, 9.17) is 5.73 Å². The van der Waals surface area contributed by atoms with Gasteiger partial charge in [-0.15, -0.1) is 0 Å². The van der Waals surface area contributed by atoms with E-state index in [0.717, 1.165) is 12.4 Å². The smallest absolute Gasteiger partial charge is 0.144 e. The molecule has 0 radical (unpaired) electrons. The van der Waals surface area contributed by atoms with E-state index in [2.05, 4.69) is 21.5 Å². The van der Waals surface area contributed by atoms with Crippen molar-refractivity contribution in [2.75, 3.05) is 23.9 Å². The van der Waals surface area contributed by atoms with Gasteiger partial charge in [0.05, 0.1) is 12.4 Å². The number of nitrogens with one attached hydrogen (secondary N) is 1. The molecule has 1 saturated carbocycles. The summed E-state index contributed by atoms with van der Waals surface area (Å²) >= 11 is 1.95. The Balaban J connectivity index is 1.90. The molecule has 4 nitrogen and oxygen atoms in total. The van der Waals surface area contributed by atoms with Crippen molar-refractivity contribution in [3.05, 3.63) is 12.4 Å². The van der Waals surface area contributed by atoms with E-state index in [0.29, 0.717) is 10.6 Å². The van der Waals surface area contributed by atoms with Crippen LogP contribution < -0.4 is 11.1 Å². The maximum Gasteiger partial charge on any atom is 0.144 e. The number of nitrogens with zero attached hydrogens (tertiary/aromatic N) is 2. The van der Waals surface area contributed by atoms with E-state index < -0.39 is 0 Å². The van der Waals surface area contributed by atoms with Gasteiger partial charge in [-0.05, 0) is 19.1 Å². The van der Waals surface area contributed by atoms with Crippen LogP contribution in [0.1, 0.15) is 19.3 Å². The van der Waals surface area contributed by atoms with Crippen LogP contribution in [0.4, 0.5) is 11.6 Å². The normalized spacial score (nSPS) is 18.2. The molecule has 2 rings (SSSR count). The molecule has 1 heterocycles.